The molecule has 0 fully saturated rings. The van der Waals surface area contributed by atoms with Gasteiger partial charge in [-0.15, -0.1) is 0 Å². The maximum atomic E-state index is 13.0. The Hall–Kier alpha value is -1.94. The third-order valence-corrected chi connectivity index (χ3v) is 18.8. The zero-order chi connectivity index (χ0) is 66.3. The van der Waals surface area contributed by atoms with Crippen LogP contribution in [0.5, 0.6) is 0 Å². The zero-order valence-corrected chi connectivity index (χ0v) is 60.1. The van der Waals surface area contributed by atoms with Crippen LogP contribution in [0, 0.1) is 5.92 Å². The lowest BCUT2D eigenvalue weighted by Crippen LogP contribution is -2.30. The first kappa shape index (κ1) is 88.1. The van der Waals surface area contributed by atoms with Crippen molar-refractivity contribution in [1.29, 1.82) is 0 Å². The van der Waals surface area contributed by atoms with Gasteiger partial charge in [-0.2, -0.15) is 0 Å². The summed E-state index contributed by atoms with van der Waals surface area (Å²) in [5.74, 6) is -1.39. The van der Waals surface area contributed by atoms with E-state index < -0.39 is 97.5 Å². The minimum Gasteiger partial charge on any atom is -0.462 e. The summed E-state index contributed by atoms with van der Waals surface area (Å²) in [5, 5.41) is 10.6. The first-order valence-electron chi connectivity index (χ1n) is 37.2. The van der Waals surface area contributed by atoms with Crippen molar-refractivity contribution in [2.45, 2.75) is 387 Å². The number of carbonyl (C=O) groups is 4. The lowest BCUT2D eigenvalue weighted by molar-refractivity contribution is -0.161. The van der Waals surface area contributed by atoms with Gasteiger partial charge in [-0.3, -0.25) is 37.3 Å². The highest BCUT2D eigenvalue weighted by molar-refractivity contribution is 7.47. The third-order valence-electron chi connectivity index (χ3n) is 16.9. The standard InChI is InChI=1S/C71H138O17P2/c1-6-10-13-16-19-22-24-25-26-27-28-29-30-31-32-33-34-37-40-47-52-57-71(76)88-67(61-82-69(74)55-50-45-42-41-43-48-53-64(5)9-4)63-86-90(79,80)84-59-65(72)58-83-89(77,78)85-62-66(60-81-68(73)54-49-44-38-35-21-18-15-12-8-3)87-70(75)56-51-46-39-36-23-20-17-14-11-7-2/h64-67,72H,6-63H2,1-5H3,(H,77,78)(H,79,80)/t64?,65-,66+,67+/m0/s1. The molecular formula is C71H138O17P2. The molecule has 0 aromatic rings. The average molecular weight is 1330 g/mol. The van der Waals surface area contributed by atoms with Gasteiger partial charge in [-0.05, 0) is 31.6 Å². The summed E-state index contributed by atoms with van der Waals surface area (Å²) >= 11 is 0. The summed E-state index contributed by atoms with van der Waals surface area (Å²) in [4.78, 5) is 72.4. The summed E-state index contributed by atoms with van der Waals surface area (Å²) in [6, 6.07) is 0. The molecule has 0 spiro atoms. The van der Waals surface area contributed by atoms with E-state index in [1.807, 2.05) is 0 Å². The van der Waals surface area contributed by atoms with Crippen LogP contribution in [0.2, 0.25) is 0 Å². The fraction of sp³-hybridized carbons (Fsp3) is 0.944. The number of ether oxygens (including phenoxy) is 4. The molecule has 0 saturated heterocycles. The molecule has 0 aliphatic heterocycles. The molecule has 0 aromatic carbocycles. The summed E-state index contributed by atoms with van der Waals surface area (Å²) < 4.78 is 68.2. The first-order valence-corrected chi connectivity index (χ1v) is 40.2. The van der Waals surface area contributed by atoms with E-state index in [9.17, 15) is 43.2 Å². The van der Waals surface area contributed by atoms with E-state index in [1.54, 1.807) is 0 Å². The Morgan fingerprint density at radius 2 is 0.533 bits per heavy atom. The number of unbranched alkanes of at least 4 members (excludes halogenated alkanes) is 42. The van der Waals surface area contributed by atoms with E-state index in [-0.39, 0.29) is 25.7 Å². The topological polar surface area (TPSA) is 237 Å². The van der Waals surface area contributed by atoms with Gasteiger partial charge in [-0.1, -0.05) is 317 Å². The van der Waals surface area contributed by atoms with Crippen molar-refractivity contribution in [3.8, 4) is 0 Å². The second-order valence-electron chi connectivity index (χ2n) is 25.9. The number of phosphoric acid groups is 2. The van der Waals surface area contributed by atoms with Gasteiger partial charge in [-0.25, -0.2) is 9.13 Å². The summed E-state index contributed by atoms with van der Waals surface area (Å²) in [6.45, 7) is 7.18. The van der Waals surface area contributed by atoms with Gasteiger partial charge in [0.1, 0.15) is 19.3 Å². The van der Waals surface area contributed by atoms with Crippen LogP contribution in [-0.4, -0.2) is 96.7 Å². The van der Waals surface area contributed by atoms with Gasteiger partial charge >= 0.3 is 39.5 Å². The van der Waals surface area contributed by atoms with Crippen LogP contribution in [0.25, 0.3) is 0 Å². The van der Waals surface area contributed by atoms with E-state index in [0.29, 0.717) is 25.7 Å². The van der Waals surface area contributed by atoms with Crippen LogP contribution in [0.4, 0.5) is 0 Å². The highest BCUT2D eigenvalue weighted by Crippen LogP contribution is 2.45. The number of hydrogen-bond donors (Lipinski definition) is 3. The van der Waals surface area contributed by atoms with E-state index in [0.717, 1.165) is 102 Å². The molecule has 19 heteroatoms. The van der Waals surface area contributed by atoms with Crippen molar-refractivity contribution in [3.05, 3.63) is 0 Å². The number of aliphatic hydroxyl groups excluding tert-OH is 1. The second kappa shape index (κ2) is 64.4. The number of aliphatic hydroxyl groups is 1. The molecule has 3 N–H and O–H groups in total. The number of rotatable bonds is 71. The summed E-state index contributed by atoms with van der Waals surface area (Å²) in [6.07, 6.45) is 51.5. The van der Waals surface area contributed by atoms with E-state index in [4.69, 9.17) is 37.0 Å². The Kier molecular flexibility index (Phi) is 63.0. The van der Waals surface area contributed by atoms with Crippen molar-refractivity contribution in [2.75, 3.05) is 39.6 Å². The number of phosphoric ester groups is 2. The van der Waals surface area contributed by atoms with Gasteiger partial charge in [0, 0.05) is 25.7 Å². The maximum Gasteiger partial charge on any atom is 0.472 e. The van der Waals surface area contributed by atoms with Crippen LogP contribution < -0.4 is 0 Å². The summed E-state index contributed by atoms with van der Waals surface area (Å²) in [5.41, 5.74) is 0. The predicted molar refractivity (Wildman–Crippen MR) is 363 cm³/mol. The molecular weight excluding hydrogens is 1190 g/mol. The van der Waals surface area contributed by atoms with Crippen molar-refractivity contribution < 1.29 is 80.2 Å². The molecule has 0 rings (SSSR count). The predicted octanol–water partition coefficient (Wildman–Crippen LogP) is 20.5. The minimum absolute atomic E-state index is 0.106. The zero-order valence-electron chi connectivity index (χ0n) is 58.3. The van der Waals surface area contributed by atoms with E-state index in [1.165, 1.54) is 186 Å². The molecule has 3 unspecified atom stereocenters. The molecule has 0 aromatic heterocycles. The lowest BCUT2D eigenvalue weighted by atomic mass is 10.00. The maximum absolute atomic E-state index is 13.0. The second-order valence-corrected chi connectivity index (χ2v) is 28.8. The molecule has 0 amide bonds. The highest BCUT2D eigenvalue weighted by atomic mass is 31.2. The van der Waals surface area contributed by atoms with Crippen LogP contribution in [0.15, 0.2) is 0 Å². The number of esters is 4. The Balaban J connectivity index is 5.14. The van der Waals surface area contributed by atoms with Crippen molar-refractivity contribution in [3.63, 3.8) is 0 Å². The largest absolute Gasteiger partial charge is 0.472 e. The quantitative estimate of drug-likeness (QED) is 0.0222. The highest BCUT2D eigenvalue weighted by Gasteiger charge is 2.30. The fourth-order valence-electron chi connectivity index (χ4n) is 10.8. The lowest BCUT2D eigenvalue weighted by Gasteiger charge is -2.21. The monoisotopic (exact) mass is 1320 g/mol. The van der Waals surface area contributed by atoms with Gasteiger partial charge in [0.25, 0.3) is 0 Å². The molecule has 0 bridgehead atoms. The van der Waals surface area contributed by atoms with Crippen molar-refractivity contribution >= 4 is 39.5 Å². The molecule has 0 aliphatic rings. The van der Waals surface area contributed by atoms with Crippen molar-refractivity contribution in [1.82, 2.24) is 0 Å². The molecule has 17 nitrogen and oxygen atoms in total. The van der Waals surface area contributed by atoms with E-state index >= 15 is 0 Å². The van der Waals surface area contributed by atoms with Crippen molar-refractivity contribution in [2.24, 2.45) is 5.92 Å². The van der Waals surface area contributed by atoms with Crippen LogP contribution in [0.3, 0.4) is 0 Å². The molecule has 0 radical (unpaired) electrons. The minimum atomic E-state index is -4.95. The van der Waals surface area contributed by atoms with Gasteiger partial charge in [0.05, 0.1) is 26.4 Å². The Labute approximate surface area is 549 Å². The third kappa shape index (κ3) is 63.5. The summed E-state index contributed by atoms with van der Waals surface area (Å²) in [7, 11) is -9.89. The van der Waals surface area contributed by atoms with Crippen LogP contribution in [0.1, 0.15) is 369 Å². The van der Waals surface area contributed by atoms with Crippen LogP contribution >= 0.6 is 15.6 Å². The van der Waals surface area contributed by atoms with Gasteiger partial charge in [0.2, 0.25) is 0 Å². The Morgan fingerprint density at radius 1 is 0.311 bits per heavy atom. The molecule has 0 saturated carbocycles. The van der Waals surface area contributed by atoms with Gasteiger partial charge in [0.15, 0.2) is 12.2 Å². The molecule has 90 heavy (non-hydrogen) atoms. The first-order chi connectivity index (χ1) is 43.6. The average Bonchev–Trinajstić information content (AvgIpc) is 3.64. The van der Waals surface area contributed by atoms with E-state index in [2.05, 4.69) is 34.6 Å². The molecule has 0 heterocycles. The molecule has 534 valence electrons. The van der Waals surface area contributed by atoms with Gasteiger partial charge < -0.3 is 33.8 Å². The normalized spacial score (nSPS) is 14.4. The van der Waals surface area contributed by atoms with Crippen LogP contribution in [-0.2, 0) is 65.4 Å². The number of carbonyl (C=O) groups excluding carboxylic acids is 4. The molecule has 6 atom stereocenters. The Morgan fingerprint density at radius 3 is 0.789 bits per heavy atom. The fourth-order valence-corrected chi connectivity index (χ4v) is 12.4. The smallest absolute Gasteiger partial charge is 0.462 e. The number of hydrogen-bond acceptors (Lipinski definition) is 15. The SMILES string of the molecule is CCCCCCCCCCCCCCCCCCCCCCCC(=O)O[C@H](COC(=O)CCCCCCCCC(C)CC)COP(=O)(O)OC[C@@H](O)COP(=O)(O)OC[C@@H](COC(=O)CCCCCCCCCCC)OC(=O)CCCCCCCCCCCC. The molecule has 0 aliphatic carbocycles. The Bertz CT molecular complexity index is 1740.